The van der Waals surface area contributed by atoms with Crippen molar-refractivity contribution >= 4 is 6.29 Å². The van der Waals surface area contributed by atoms with Crippen LogP contribution in [0.25, 0.3) is 0 Å². The van der Waals surface area contributed by atoms with E-state index in [0.717, 1.165) is 5.56 Å². The highest BCUT2D eigenvalue weighted by Gasteiger charge is 2.08. The molecule has 2 nitrogen and oxygen atoms in total. The van der Waals surface area contributed by atoms with E-state index in [1.165, 1.54) is 6.07 Å². The third-order valence-corrected chi connectivity index (χ3v) is 2.00. The Morgan fingerprint density at radius 2 is 2.27 bits per heavy atom. The van der Waals surface area contributed by atoms with Gasteiger partial charge in [0.05, 0.1) is 5.56 Å². The Balaban J connectivity index is 3.21. The molecule has 0 bridgehead atoms. The van der Waals surface area contributed by atoms with Crippen molar-refractivity contribution in [2.45, 2.75) is 13.3 Å². The fourth-order valence-electron chi connectivity index (χ4n) is 1.21. The maximum atomic E-state index is 13.2. The quantitative estimate of drug-likeness (QED) is 0.589. The van der Waals surface area contributed by atoms with Gasteiger partial charge in [0.2, 0.25) is 0 Å². The molecule has 0 amide bonds. The zero-order chi connectivity index (χ0) is 11.3. The minimum Gasteiger partial charge on any atom is -0.330 e. The second-order valence-corrected chi connectivity index (χ2v) is 3.11. The first-order chi connectivity index (χ1) is 7.20. The molecule has 0 saturated heterocycles. The molecule has 0 atom stereocenters. The lowest BCUT2D eigenvalue weighted by atomic mass is 10.0. The Hall–Kier alpha value is -1.66. The van der Waals surface area contributed by atoms with Crippen LogP contribution in [0.15, 0.2) is 12.1 Å². The van der Waals surface area contributed by atoms with Gasteiger partial charge in [-0.1, -0.05) is 17.9 Å². The van der Waals surface area contributed by atoms with Crippen molar-refractivity contribution in [3.63, 3.8) is 0 Å². The van der Waals surface area contributed by atoms with Gasteiger partial charge in [-0.25, -0.2) is 4.39 Å². The minimum atomic E-state index is -0.535. The number of carbonyl (C=O) groups excluding carboxylic acids is 1. The number of aldehydes is 1. The summed E-state index contributed by atoms with van der Waals surface area (Å²) in [5.41, 5.74) is 6.56. The van der Waals surface area contributed by atoms with Gasteiger partial charge >= 0.3 is 0 Å². The molecule has 0 fully saturated rings. The van der Waals surface area contributed by atoms with Crippen LogP contribution >= 0.6 is 0 Å². The lowest BCUT2D eigenvalue weighted by Crippen LogP contribution is -1.98. The molecule has 2 N–H and O–H groups in total. The van der Waals surface area contributed by atoms with E-state index in [4.69, 9.17) is 5.73 Å². The summed E-state index contributed by atoms with van der Waals surface area (Å²) >= 11 is 0. The van der Waals surface area contributed by atoms with Crippen molar-refractivity contribution < 1.29 is 9.18 Å². The van der Waals surface area contributed by atoms with Gasteiger partial charge in [0.15, 0.2) is 6.29 Å². The van der Waals surface area contributed by atoms with Crippen molar-refractivity contribution in [3.8, 4) is 11.8 Å². The van der Waals surface area contributed by atoms with Gasteiger partial charge in [-0.05, 0) is 18.6 Å². The highest BCUT2D eigenvalue weighted by atomic mass is 19.1. The van der Waals surface area contributed by atoms with Gasteiger partial charge in [-0.3, -0.25) is 4.79 Å². The fourth-order valence-corrected chi connectivity index (χ4v) is 1.21. The first-order valence-corrected chi connectivity index (χ1v) is 4.64. The average Bonchev–Trinajstić information content (AvgIpc) is 2.23. The van der Waals surface area contributed by atoms with Crippen molar-refractivity contribution in [3.05, 3.63) is 34.6 Å². The summed E-state index contributed by atoms with van der Waals surface area (Å²) in [5.74, 6) is 5.03. The molecule has 0 aliphatic carbocycles. The number of aryl methyl sites for hydroxylation is 1. The topological polar surface area (TPSA) is 43.1 Å². The Labute approximate surface area is 88.3 Å². The van der Waals surface area contributed by atoms with E-state index < -0.39 is 5.82 Å². The zero-order valence-corrected chi connectivity index (χ0v) is 8.51. The molecule has 0 unspecified atom stereocenters. The van der Waals surface area contributed by atoms with Gasteiger partial charge in [0.25, 0.3) is 0 Å². The fraction of sp³-hybridized carbons (Fsp3) is 0.250. The summed E-state index contributed by atoms with van der Waals surface area (Å²) < 4.78 is 13.2. The van der Waals surface area contributed by atoms with Gasteiger partial charge in [0, 0.05) is 18.5 Å². The molecule has 1 rings (SSSR count). The van der Waals surface area contributed by atoms with Crippen molar-refractivity contribution in [2.75, 3.05) is 6.54 Å². The van der Waals surface area contributed by atoms with Crippen LogP contribution in [0.2, 0.25) is 0 Å². The van der Waals surface area contributed by atoms with E-state index in [2.05, 4.69) is 11.8 Å². The average molecular weight is 205 g/mol. The molecule has 15 heavy (non-hydrogen) atoms. The summed E-state index contributed by atoms with van der Waals surface area (Å²) in [6, 6.07) is 2.88. The van der Waals surface area contributed by atoms with Gasteiger partial charge in [0.1, 0.15) is 5.82 Å². The van der Waals surface area contributed by atoms with Crippen LogP contribution in [0.5, 0.6) is 0 Å². The van der Waals surface area contributed by atoms with Crippen molar-refractivity contribution in [1.82, 2.24) is 0 Å². The van der Waals surface area contributed by atoms with Crippen LogP contribution in [0.1, 0.15) is 27.9 Å². The standard InChI is InChI=1S/C12H12FNO/c1-9-5-6-12(13)11(8-15)10(9)4-2-3-7-14/h5-6,8H,3,7,14H2,1H3. The number of nitrogens with two attached hydrogens (primary N) is 1. The SMILES string of the molecule is Cc1ccc(F)c(C=O)c1C#CCCN. The van der Waals surface area contributed by atoms with Gasteiger partial charge < -0.3 is 5.73 Å². The highest BCUT2D eigenvalue weighted by molar-refractivity contribution is 5.80. The molecule has 1 aromatic carbocycles. The molecule has 0 saturated carbocycles. The van der Waals surface area contributed by atoms with Crippen molar-refractivity contribution in [1.29, 1.82) is 0 Å². The van der Waals surface area contributed by atoms with Crippen molar-refractivity contribution in [2.24, 2.45) is 5.73 Å². The number of rotatable bonds is 2. The summed E-state index contributed by atoms with van der Waals surface area (Å²) in [6.07, 6.45) is 1.03. The number of carbonyl (C=O) groups is 1. The number of benzene rings is 1. The summed E-state index contributed by atoms with van der Waals surface area (Å²) in [5, 5.41) is 0. The summed E-state index contributed by atoms with van der Waals surface area (Å²) in [4.78, 5) is 10.7. The largest absolute Gasteiger partial charge is 0.330 e. The van der Waals surface area contributed by atoms with E-state index in [1.54, 1.807) is 13.0 Å². The van der Waals surface area contributed by atoms with E-state index in [1.807, 2.05) is 0 Å². The minimum absolute atomic E-state index is 0.0273. The van der Waals surface area contributed by atoms with Crippen LogP contribution in [-0.4, -0.2) is 12.8 Å². The van der Waals surface area contributed by atoms with Crippen LogP contribution in [0.4, 0.5) is 4.39 Å². The molecule has 0 aliphatic rings. The van der Waals surface area contributed by atoms with Gasteiger partial charge in [-0.15, -0.1) is 0 Å². The number of hydrogen-bond acceptors (Lipinski definition) is 2. The predicted molar refractivity (Wildman–Crippen MR) is 57.1 cm³/mol. The van der Waals surface area contributed by atoms with Crippen LogP contribution in [-0.2, 0) is 0 Å². The molecule has 78 valence electrons. The Bertz CT molecular complexity index is 429. The monoisotopic (exact) mass is 205 g/mol. The van der Waals surface area contributed by atoms with Crippen LogP contribution in [0, 0.1) is 24.6 Å². The normalized spacial score (nSPS) is 9.27. The lowest BCUT2D eigenvalue weighted by molar-refractivity contribution is 0.111. The molecule has 1 aromatic rings. The highest BCUT2D eigenvalue weighted by Crippen LogP contribution is 2.15. The number of halogens is 1. The van der Waals surface area contributed by atoms with Crippen LogP contribution in [0.3, 0.4) is 0 Å². The third kappa shape index (κ3) is 2.64. The Kier molecular flexibility index (Phi) is 4.02. The molecule has 0 aliphatic heterocycles. The van der Waals surface area contributed by atoms with Gasteiger partial charge in [-0.2, -0.15) is 0 Å². The molecule has 0 aromatic heterocycles. The molecular formula is C12H12FNO. The Morgan fingerprint density at radius 3 is 2.87 bits per heavy atom. The second kappa shape index (κ2) is 5.28. The van der Waals surface area contributed by atoms with E-state index in [9.17, 15) is 9.18 Å². The molecule has 3 heteroatoms. The molecule has 0 heterocycles. The summed E-state index contributed by atoms with van der Waals surface area (Å²) in [7, 11) is 0. The molecule has 0 radical (unpaired) electrons. The molecular weight excluding hydrogens is 193 g/mol. The summed E-state index contributed by atoms with van der Waals surface area (Å²) in [6.45, 7) is 2.25. The Morgan fingerprint density at radius 1 is 1.53 bits per heavy atom. The van der Waals surface area contributed by atoms with E-state index >= 15 is 0 Å². The van der Waals surface area contributed by atoms with E-state index in [0.29, 0.717) is 24.8 Å². The van der Waals surface area contributed by atoms with E-state index in [-0.39, 0.29) is 5.56 Å². The second-order valence-electron chi connectivity index (χ2n) is 3.11. The maximum Gasteiger partial charge on any atom is 0.154 e. The zero-order valence-electron chi connectivity index (χ0n) is 8.51. The number of hydrogen-bond donors (Lipinski definition) is 1. The first-order valence-electron chi connectivity index (χ1n) is 4.64. The third-order valence-electron chi connectivity index (χ3n) is 2.00. The molecule has 0 spiro atoms. The maximum absolute atomic E-state index is 13.2. The van der Waals surface area contributed by atoms with Crippen LogP contribution < -0.4 is 5.73 Å². The smallest absolute Gasteiger partial charge is 0.154 e. The predicted octanol–water partition coefficient (Wildman–Crippen LogP) is 1.65. The first kappa shape index (κ1) is 11.4. The lowest BCUT2D eigenvalue weighted by Gasteiger charge is -2.02.